The van der Waals surface area contributed by atoms with Gasteiger partial charge < -0.3 is 10.4 Å². The van der Waals surface area contributed by atoms with Crippen LogP contribution in [0.1, 0.15) is 11.3 Å². The van der Waals surface area contributed by atoms with Crippen molar-refractivity contribution < 1.29 is 14.7 Å². The first-order valence-corrected chi connectivity index (χ1v) is 6.19. The fourth-order valence-corrected chi connectivity index (χ4v) is 1.59. The first-order chi connectivity index (χ1) is 10.1. The lowest BCUT2D eigenvalue weighted by Gasteiger charge is -2.02. The van der Waals surface area contributed by atoms with Crippen molar-refractivity contribution in [3.05, 3.63) is 60.2 Å². The van der Waals surface area contributed by atoms with Crippen LogP contribution in [0.15, 0.2) is 48.9 Å². The first kappa shape index (κ1) is 14.4. The van der Waals surface area contributed by atoms with Crippen LogP contribution in [-0.2, 0) is 16.0 Å². The Balaban J connectivity index is 1.93. The molecule has 106 valence electrons. The average Bonchev–Trinajstić information content (AvgIpc) is 2.48. The van der Waals surface area contributed by atoms with Gasteiger partial charge in [-0.2, -0.15) is 0 Å². The molecule has 0 saturated heterocycles. The summed E-state index contributed by atoms with van der Waals surface area (Å²) in [5.74, 6) is -1.25. The Labute approximate surface area is 121 Å². The largest absolute Gasteiger partial charge is 0.481 e. The van der Waals surface area contributed by atoms with Gasteiger partial charge in [0, 0.05) is 18.5 Å². The highest BCUT2D eigenvalue weighted by molar-refractivity contribution is 6.01. The van der Waals surface area contributed by atoms with Crippen molar-refractivity contribution in [3.8, 4) is 0 Å². The molecule has 2 N–H and O–H groups in total. The number of carboxylic acid groups (broad SMARTS) is 1. The van der Waals surface area contributed by atoms with Crippen molar-refractivity contribution in [2.45, 2.75) is 6.42 Å². The van der Waals surface area contributed by atoms with Crippen molar-refractivity contribution in [1.29, 1.82) is 0 Å². The molecular formula is C15H13N3O3. The van der Waals surface area contributed by atoms with E-state index in [0.717, 1.165) is 5.56 Å². The predicted octanol–water partition coefficient (Wildman–Crippen LogP) is 1.76. The zero-order valence-electron chi connectivity index (χ0n) is 11.1. The second-order valence-electron chi connectivity index (χ2n) is 4.22. The Morgan fingerprint density at radius 1 is 1.24 bits per heavy atom. The van der Waals surface area contributed by atoms with Gasteiger partial charge in [-0.3, -0.25) is 19.6 Å². The minimum Gasteiger partial charge on any atom is -0.481 e. The van der Waals surface area contributed by atoms with Crippen molar-refractivity contribution in [2.24, 2.45) is 0 Å². The van der Waals surface area contributed by atoms with Crippen LogP contribution in [-0.4, -0.2) is 27.0 Å². The molecule has 0 unspecified atom stereocenters. The van der Waals surface area contributed by atoms with E-state index >= 15 is 0 Å². The summed E-state index contributed by atoms with van der Waals surface area (Å²) in [6, 6.07) is 6.79. The van der Waals surface area contributed by atoms with E-state index in [-0.39, 0.29) is 12.3 Å². The van der Waals surface area contributed by atoms with Crippen molar-refractivity contribution in [2.75, 3.05) is 5.32 Å². The number of anilines is 1. The van der Waals surface area contributed by atoms with E-state index in [4.69, 9.17) is 5.11 Å². The zero-order chi connectivity index (χ0) is 15.1. The summed E-state index contributed by atoms with van der Waals surface area (Å²) in [6.45, 7) is 0. The van der Waals surface area contributed by atoms with Gasteiger partial charge in [-0.15, -0.1) is 0 Å². The van der Waals surface area contributed by atoms with E-state index in [0.29, 0.717) is 11.4 Å². The molecule has 2 aromatic rings. The van der Waals surface area contributed by atoms with Crippen LogP contribution in [0.2, 0.25) is 0 Å². The lowest BCUT2D eigenvalue weighted by atomic mass is 10.2. The Bertz CT molecular complexity index is 652. The molecular weight excluding hydrogens is 270 g/mol. The molecule has 6 heteroatoms. The van der Waals surface area contributed by atoms with Gasteiger partial charge in [0.15, 0.2) is 0 Å². The number of carbonyl (C=O) groups is 2. The summed E-state index contributed by atoms with van der Waals surface area (Å²) in [5.41, 5.74) is 1.76. The number of hydrogen-bond acceptors (Lipinski definition) is 4. The molecule has 0 saturated carbocycles. The minimum atomic E-state index is -0.946. The van der Waals surface area contributed by atoms with Crippen molar-refractivity contribution in [3.63, 3.8) is 0 Å². The summed E-state index contributed by atoms with van der Waals surface area (Å²) < 4.78 is 0. The second-order valence-corrected chi connectivity index (χ2v) is 4.22. The summed E-state index contributed by atoms with van der Waals surface area (Å²) >= 11 is 0. The zero-order valence-corrected chi connectivity index (χ0v) is 11.1. The lowest BCUT2D eigenvalue weighted by Crippen LogP contribution is -2.09. The molecule has 0 aliphatic carbocycles. The van der Waals surface area contributed by atoms with E-state index < -0.39 is 5.97 Å². The molecule has 2 heterocycles. The number of pyridine rings is 2. The number of hydrogen-bond donors (Lipinski definition) is 2. The molecule has 2 aromatic heterocycles. The predicted molar refractivity (Wildman–Crippen MR) is 77.5 cm³/mol. The van der Waals surface area contributed by atoms with Crippen molar-refractivity contribution in [1.82, 2.24) is 9.97 Å². The molecule has 21 heavy (non-hydrogen) atoms. The van der Waals surface area contributed by atoms with Gasteiger partial charge in [-0.1, -0.05) is 6.07 Å². The van der Waals surface area contributed by atoms with Crippen molar-refractivity contribution >= 4 is 23.6 Å². The molecule has 2 rings (SSSR count). The molecule has 0 aliphatic rings. The van der Waals surface area contributed by atoms with Gasteiger partial charge in [0.25, 0.3) is 0 Å². The number of rotatable bonds is 5. The molecule has 0 atom stereocenters. The summed E-state index contributed by atoms with van der Waals surface area (Å²) in [4.78, 5) is 30.1. The molecule has 0 spiro atoms. The molecule has 0 fully saturated rings. The molecule has 1 amide bonds. The Morgan fingerprint density at radius 3 is 2.71 bits per heavy atom. The third-order valence-corrected chi connectivity index (χ3v) is 2.54. The fourth-order valence-electron chi connectivity index (χ4n) is 1.59. The maximum absolute atomic E-state index is 11.7. The number of aromatic nitrogens is 2. The summed E-state index contributed by atoms with van der Waals surface area (Å²) in [5, 5.41) is 11.3. The SMILES string of the molecule is O=C(O)Cc1ccc(NC(=O)/C=C/c2cccnc2)cn1. The number of carbonyl (C=O) groups excluding carboxylic acids is 1. The van der Waals surface area contributed by atoms with E-state index in [2.05, 4.69) is 15.3 Å². The number of nitrogens with one attached hydrogen (secondary N) is 1. The number of nitrogens with zero attached hydrogens (tertiary/aromatic N) is 2. The van der Waals surface area contributed by atoms with Gasteiger partial charge >= 0.3 is 5.97 Å². The van der Waals surface area contributed by atoms with Gasteiger partial charge in [0.2, 0.25) is 5.91 Å². The smallest absolute Gasteiger partial charge is 0.309 e. The van der Waals surface area contributed by atoms with Gasteiger partial charge in [-0.25, -0.2) is 0 Å². The maximum Gasteiger partial charge on any atom is 0.309 e. The van der Waals surface area contributed by atoms with E-state index in [1.54, 1.807) is 36.7 Å². The van der Waals surface area contributed by atoms with Crippen LogP contribution in [0.25, 0.3) is 6.08 Å². The highest BCUT2D eigenvalue weighted by Gasteiger charge is 2.03. The molecule has 0 bridgehead atoms. The number of carboxylic acids is 1. The van der Waals surface area contributed by atoms with Gasteiger partial charge in [0.1, 0.15) is 0 Å². The lowest BCUT2D eigenvalue weighted by molar-refractivity contribution is -0.136. The molecule has 6 nitrogen and oxygen atoms in total. The van der Waals surface area contributed by atoms with Crippen LogP contribution in [0.3, 0.4) is 0 Å². The van der Waals surface area contributed by atoms with Crippen LogP contribution >= 0.6 is 0 Å². The third kappa shape index (κ3) is 4.87. The fraction of sp³-hybridized carbons (Fsp3) is 0.0667. The first-order valence-electron chi connectivity index (χ1n) is 6.19. The van der Waals surface area contributed by atoms with Crippen LogP contribution in [0.5, 0.6) is 0 Å². The molecule has 0 radical (unpaired) electrons. The average molecular weight is 283 g/mol. The highest BCUT2D eigenvalue weighted by atomic mass is 16.4. The highest BCUT2D eigenvalue weighted by Crippen LogP contribution is 2.07. The normalized spacial score (nSPS) is 10.5. The van der Waals surface area contributed by atoms with Gasteiger partial charge in [-0.05, 0) is 29.8 Å². The summed E-state index contributed by atoms with van der Waals surface area (Å²) in [6.07, 6.45) is 7.62. The van der Waals surface area contributed by atoms with Crippen LogP contribution in [0, 0.1) is 0 Å². The van der Waals surface area contributed by atoms with Crippen LogP contribution in [0.4, 0.5) is 5.69 Å². The third-order valence-electron chi connectivity index (χ3n) is 2.54. The molecule has 0 aliphatic heterocycles. The maximum atomic E-state index is 11.7. The Kier molecular flexibility index (Phi) is 4.76. The number of aliphatic carboxylic acids is 1. The topological polar surface area (TPSA) is 92.2 Å². The minimum absolute atomic E-state index is 0.144. The Hall–Kier alpha value is -3.02. The van der Waals surface area contributed by atoms with E-state index in [1.807, 2.05) is 6.07 Å². The van der Waals surface area contributed by atoms with E-state index in [9.17, 15) is 9.59 Å². The van der Waals surface area contributed by atoms with E-state index in [1.165, 1.54) is 12.3 Å². The monoisotopic (exact) mass is 283 g/mol. The summed E-state index contributed by atoms with van der Waals surface area (Å²) in [7, 11) is 0. The van der Waals surface area contributed by atoms with Crippen LogP contribution < -0.4 is 5.32 Å². The van der Waals surface area contributed by atoms with Gasteiger partial charge in [0.05, 0.1) is 24.0 Å². The molecule has 0 aromatic carbocycles. The standard InChI is InChI=1S/C15H13N3O3/c19-14(6-3-11-2-1-7-16-9-11)18-13-5-4-12(17-10-13)8-15(20)21/h1-7,9-10H,8H2,(H,18,19)(H,20,21)/b6-3+. The second kappa shape index (κ2) is 6.95. The Morgan fingerprint density at radius 2 is 2.10 bits per heavy atom. The quantitative estimate of drug-likeness (QED) is 0.816. The number of amides is 1.